The van der Waals surface area contributed by atoms with Crippen LogP contribution < -0.4 is 5.32 Å². The first-order valence-electron chi connectivity index (χ1n) is 11.0. The van der Waals surface area contributed by atoms with Crippen molar-refractivity contribution in [2.24, 2.45) is 5.10 Å². The van der Waals surface area contributed by atoms with Crippen molar-refractivity contribution < 1.29 is 9.59 Å². The molecule has 32 heavy (non-hydrogen) atoms. The summed E-state index contributed by atoms with van der Waals surface area (Å²) < 4.78 is 0. The maximum absolute atomic E-state index is 13.3. The second-order valence-electron chi connectivity index (χ2n) is 9.75. The summed E-state index contributed by atoms with van der Waals surface area (Å²) in [5.41, 5.74) is 6.16. The van der Waals surface area contributed by atoms with Crippen molar-refractivity contribution in [2.45, 2.75) is 59.5 Å². The molecule has 3 rings (SSSR count). The third-order valence-corrected chi connectivity index (χ3v) is 5.67. The van der Waals surface area contributed by atoms with Gasteiger partial charge in [-0.05, 0) is 69.9 Å². The van der Waals surface area contributed by atoms with Crippen LogP contribution in [0.1, 0.15) is 61.1 Å². The number of nitrogens with zero attached hydrogens (tertiary/aromatic N) is 3. The molecule has 1 aliphatic heterocycles. The average molecular weight is 435 g/mol. The van der Waals surface area contributed by atoms with E-state index in [1.807, 2.05) is 27.7 Å². The minimum absolute atomic E-state index is 0.0476. The summed E-state index contributed by atoms with van der Waals surface area (Å²) in [7, 11) is 1.63. The molecular formula is C26H34N4O2. The second kappa shape index (κ2) is 9.15. The van der Waals surface area contributed by atoms with Gasteiger partial charge < -0.3 is 10.2 Å². The van der Waals surface area contributed by atoms with Crippen LogP contribution in [-0.4, -0.2) is 46.7 Å². The van der Waals surface area contributed by atoms with E-state index in [1.54, 1.807) is 12.1 Å². The lowest BCUT2D eigenvalue weighted by Crippen LogP contribution is -2.49. The van der Waals surface area contributed by atoms with Gasteiger partial charge in [0, 0.05) is 19.0 Å². The monoisotopic (exact) mass is 434 g/mol. The first-order chi connectivity index (χ1) is 14.9. The predicted molar refractivity (Wildman–Crippen MR) is 129 cm³/mol. The van der Waals surface area contributed by atoms with Crippen LogP contribution in [0.3, 0.4) is 0 Å². The van der Waals surface area contributed by atoms with Crippen LogP contribution in [0.4, 0.5) is 4.79 Å². The van der Waals surface area contributed by atoms with Crippen LogP contribution in [0.25, 0.3) is 0 Å². The zero-order valence-corrected chi connectivity index (χ0v) is 20.2. The number of hydrogen-bond acceptors (Lipinski definition) is 3. The number of carbonyl (C=O) groups excluding carboxylic acids is 2. The highest BCUT2D eigenvalue weighted by Gasteiger charge is 2.34. The minimum Gasteiger partial charge on any atom is -0.333 e. The summed E-state index contributed by atoms with van der Waals surface area (Å²) in [5.74, 6) is -0.207. The van der Waals surface area contributed by atoms with Gasteiger partial charge in [0.15, 0.2) is 0 Å². The van der Waals surface area contributed by atoms with Crippen molar-refractivity contribution in [3.8, 4) is 0 Å². The molecule has 170 valence electrons. The van der Waals surface area contributed by atoms with E-state index in [2.05, 4.69) is 61.6 Å². The van der Waals surface area contributed by atoms with E-state index in [0.29, 0.717) is 6.42 Å². The number of nitrogens with one attached hydrogen (secondary N) is 1. The van der Waals surface area contributed by atoms with Gasteiger partial charge in [0.25, 0.3) is 5.91 Å². The molecule has 0 aromatic heterocycles. The van der Waals surface area contributed by atoms with Crippen LogP contribution in [0.2, 0.25) is 0 Å². The molecule has 0 fully saturated rings. The molecule has 0 spiro atoms. The highest BCUT2D eigenvalue weighted by atomic mass is 16.2. The molecule has 0 radical (unpaired) electrons. The fourth-order valence-electron chi connectivity index (χ4n) is 3.65. The smallest absolute Gasteiger partial charge is 0.318 e. The summed E-state index contributed by atoms with van der Waals surface area (Å²) in [6, 6.07) is 14.0. The molecule has 1 aliphatic rings. The Morgan fingerprint density at radius 2 is 1.72 bits per heavy atom. The summed E-state index contributed by atoms with van der Waals surface area (Å²) >= 11 is 0. The van der Waals surface area contributed by atoms with Gasteiger partial charge in [-0.25, -0.2) is 9.80 Å². The first-order valence-corrected chi connectivity index (χ1v) is 11.0. The number of urea groups is 1. The number of amides is 3. The van der Waals surface area contributed by atoms with E-state index in [9.17, 15) is 9.59 Å². The normalized spacial score (nSPS) is 16.0. The summed E-state index contributed by atoms with van der Waals surface area (Å²) in [4.78, 5) is 27.1. The lowest BCUT2D eigenvalue weighted by atomic mass is 9.96. The van der Waals surface area contributed by atoms with E-state index in [0.717, 1.165) is 16.8 Å². The number of aryl methyl sites for hydroxylation is 3. The van der Waals surface area contributed by atoms with Crippen molar-refractivity contribution in [1.29, 1.82) is 0 Å². The third kappa shape index (κ3) is 5.55. The van der Waals surface area contributed by atoms with Gasteiger partial charge in [-0.1, -0.05) is 42.0 Å². The number of rotatable bonds is 4. The van der Waals surface area contributed by atoms with E-state index >= 15 is 0 Å². The van der Waals surface area contributed by atoms with Crippen LogP contribution in [-0.2, 0) is 4.79 Å². The summed E-state index contributed by atoms with van der Waals surface area (Å²) in [5, 5.41) is 9.18. The van der Waals surface area contributed by atoms with Crippen molar-refractivity contribution in [1.82, 2.24) is 15.2 Å². The SMILES string of the molecule is Cc1ccc(C2CC(c3ccc(C)c(C)c3)=NN2C(=O)CN(C)C(=O)NC(C)(C)C)cc1. The molecule has 0 saturated heterocycles. The second-order valence-corrected chi connectivity index (χ2v) is 9.75. The first kappa shape index (κ1) is 23.5. The summed E-state index contributed by atoms with van der Waals surface area (Å²) in [6.45, 7) is 11.9. The number of hydrogen-bond donors (Lipinski definition) is 1. The molecule has 0 saturated carbocycles. The van der Waals surface area contributed by atoms with Gasteiger partial charge in [-0.3, -0.25) is 4.79 Å². The zero-order valence-electron chi connectivity index (χ0n) is 20.2. The Morgan fingerprint density at radius 3 is 2.31 bits per heavy atom. The molecule has 2 aromatic rings. The molecular weight excluding hydrogens is 400 g/mol. The van der Waals surface area contributed by atoms with Crippen LogP contribution >= 0.6 is 0 Å². The fourth-order valence-corrected chi connectivity index (χ4v) is 3.65. The molecule has 0 aliphatic carbocycles. The Morgan fingerprint density at radius 1 is 1.06 bits per heavy atom. The van der Waals surface area contributed by atoms with E-state index in [1.165, 1.54) is 21.6 Å². The third-order valence-electron chi connectivity index (χ3n) is 5.67. The Kier molecular flexibility index (Phi) is 6.72. The maximum atomic E-state index is 13.3. The van der Waals surface area contributed by atoms with Crippen molar-refractivity contribution in [2.75, 3.05) is 13.6 Å². The van der Waals surface area contributed by atoms with E-state index in [4.69, 9.17) is 5.10 Å². The Labute approximate surface area is 191 Å². The number of hydrazone groups is 1. The highest BCUT2D eigenvalue weighted by molar-refractivity contribution is 6.03. The van der Waals surface area contributed by atoms with Gasteiger partial charge in [0.05, 0.1) is 11.8 Å². The quantitative estimate of drug-likeness (QED) is 0.756. The molecule has 3 amide bonds. The van der Waals surface area contributed by atoms with Crippen LogP contribution in [0.15, 0.2) is 47.6 Å². The molecule has 1 N–H and O–H groups in total. The zero-order chi connectivity index (χ0) is 23.6. The standard InChI is InChI=1S/C26H34N4O2/c1-17-8-11-20(12-9-17)23-15-22(21-13-10-18(2)19(3)14-21)28-30(23)24(31)16-29(7)25(32)27-26(4,5)6/h8-14,23H,15-16H2,1-7H3,(H,27,32). The molecule has 6 nitrogen and oxygen atoms in total. The number of likely N-dealkylation sites (N-methyl/N-ethyl adjacent to an activating group) is 1. The Balaban J connectivity index is 1.87. The average Bonchev–Trinajstić information content (AvgIpc) is 3.15. The highest BCUT2D eigenvalue weighted by Crippen LogP contribution is 2.33. The molecule has 1 heterocycles. The predicted octanol–water partition coefficient (Wildman–Crippen LogP) is 4.73. The van der Waals surface area contributed by atoms with Gasteiger partial charge in [-0.2, -0.15) is 5.10 Å². The van der Waals surface area contributed by atoms with Crippen LogP contribution in [0, 0.1) is 20.8 Å². The fraction of sp³-hybridized carbons (Fsp3) is 0.423. The van der Waals surface area contributed by atoms with Gasteiger partial charge >= 0.3 is 6.03 Å². The minimum atomic E-state index is -0.374. The van der Waals surface area contributed by atoms with Crippen LogP contribution in [0.5, 0.6) is 0 Å². The van der Waals surface area contributed by atoms with Gasteiger partial charge in [-0.15, -0.1) is 0 Å². The summed E-state index contributed by atoms with van der Waals surface area (Å²) in [6.07, 6.45) is 0.634. The Bertz CT molecular complexity index is 1030. The van der Waals surface area contributed by atoms with Gasteiger partial charge in [0.1, 0.15) is 6.54 Å². The maximum Gasteiger partial charge on any atom is 0.318 e. The molecule has 1 atom stereocenters. The van der Waals surface area contributed by atoms with Crippen molar-refractivity contribution in [3.05, 3.63) is 70.3 Å². The Hall–Kier alpha value is -3.15. The topological polar surface area (TPSA) is 65.0 Å². The number of carbonyl (C=O) groups is 2. The van der Waals surface area contributed by atoms with Gasteiger partial charge in [0.2, 0.25) is 0 Å². The van der Waals surface area contributed by atoms with E-state index in [-0.39, 0.29) is 30.1 Å². The lowest BCUT2D eigenvalue weighted by Gasteiger charge is -2.28. The molecule has 6 heteroatoms. The molecule has 1 unspecified atom stereocenters. The number of benzene rings is 2. The largest absolute Gasteiger partial charge is 0.333 e. The lowest BCUT2D eigenvalue weighted by molar-refractivity contribution is -0.133. The van der Waals surface area contributed by atoms with Crippen molar-refractivity contribution >= 4 is 17.6 Å². The molecule has 2 aromatic carbocycles. The van der Waals surface area contributed by atoms with Crippen molar-refractivity contribution in [3.63, 3.8) is 0 Å². The van der Waals surface area contributed by atoms with E-state index < -0.39 is 0 Å². The molecule has 0 bridgehead atoms.